The van der Waals surface area contributed by atoms with Crippen molar-refractivity contribution in [2.75, 3.05) is 0 Å². The first-order valence-corrected chi connectivity index (χ1v) is 11.2. The molecule has 6 heterocycles. The third-order valence-corrected chi connectivity index (χ3v) is 7.16. The lowest BCUT2D eigenvalue weighted by molar-refractivity contribution is 0.102. The summed E-state index contributed by atoms with van der Waals surface area (Å²) >= 11 is 1.49. The molecule has 9 heteroatoms. The van der Waals surface area contributed by atoms with Gasteiger partial charge in [-0.15, -0.1) is 11.3 Å². The highest BCUT2D eigenvalue weighted by Gasteiger charge is 2.17. The van der Waals surface area contributed by atoms with E-state index in [1.54, 1.807) is 13.1 Å². The molecule has 8 nitrogen and oxygen atoms in total. The molecule has 0 radical (unpaired) electrons. The molecule has 6 aromatic heterocycles. The van der Waals surface area contributed by atoms with E-state index in [-0.39, 0.29) is 5.78 Å². The Balaban J connectivity index is 1.49. The summed E-state index contributed by atoms with van der Waals surface area (Å²) in [7, 11) is 1.99. The lowest BCUT2D eigenvalue weighted by Crippen LogP contribution is -1.94. The minimum absolute atomic E-state index is 0.0706. The Hall–Kier alpha value is -4.11. The van der Waals surface area contributed by atoms with Crippen LogP contribution in [0.1, 0.15) is 22.4 Å². The molecule has 0 saturated carbocycles. The highest BCUT2D eigenvalue weighted by atomic mass is 32.1. The summed E-state index contributed by atoms with van der Waals surface area (Å²) in [6.45, 7) is 3.56. The summed E-state index contributed by atoms with van der Waals surface area (Å²) in [5.41, 5.74) is 6.10. The van der Waals surface area contributed by atoms with Gasteiger partial charge in [-0.2, -0.15) is 5.10 Å². The number of hydrogen-bond donors (Lipinski definition) is 2. The van der Waals surface area contributed by atoms with Crippen molar-refractivity contribution in [1.82, 2.24) is 34.7 Å². The number of imidazole rings is 1. The number of Topliss-reactive ketones (excluding diaryl/α,β-unsaturated/α-hetero) is 1. The van der Waals surface area contributed by atoms with Gasteiger partial charge in [0.15, 0.2) is 11.4 Å². The number of aromatic nitrogens is 7. The fraction of sp³-hybridized carbons (Fsp3) is 0.125. The molecule has 0 aliphatic carbocycles. The first-order chi connectivity index (χ1) is 16.0. The quantitative estimate of drug-likeness (QED) is 0.360. The van der Waals surface area contributed by atoms with E-state index in [1.807, 2.05) is 49.1 Å². The van der Waals surface area contributed by atoms with Crippen molar-refractivity contribution in [2.24, 2.45) is 7.05 Å². The van der Waals surface area contributed by atoms with Gasteiger partial charge in [-0.25, -0.2) is 15.0 Å². The van der Waals surface area contributed by atoms with Gasteiger partial charge in [-0.05, 0) is 44.2 Å². The standard InChI is InChI=1S/C24H19N7OS/c1-12(32)20-4-5-21(33-20)15-6-7-25-23-16(15)9-18(28-23)22-17-8-14(10-27-24(17)30-29-22)19-11-26-13(2)31(19)3/h4-11H,1-3H3,(H,25,28)(H,27,29,30). The Labute approximate surface area is 192 Å². The summed E-state index contributed by atoms with van der Waals surface area (Å²) in [6, 6.07) is 9.97. The lowest BCUT2D eigenvalue weighted by atomic mass is 10.1. The highest BCUT2D eigenvalue weighted by molar-refractivity contribution is 7.17. The number of aromatic amines is 2. The number of rotatable bonds is 4. The molecular weight excluding hydrogens is 434 g/mol. The Bertz CT molecular complexity index is 1680. The molecule has 0 atom stereocenters. The van der Waals surface area contributed by atoms with E-state index in [0.29, 0.717) is 5.65 Å². The fourth-order valence-corrected chi connectivity index (χ4v) is 5.00. The first kappa shape index (κ1) is 19.6. The van der Waals surface area contributed by atoms with E-state index in [9.17, 15) is 4.79 Å². The molecule has 6 rings (SSSR count). The van der Waals surface area contributed by atoms with Gasteiger partial charge in [-0.1, -0.05) is 0 Å². The van der Waals surface area contributed by atoms with E-state index in [2.05, 4.69) is 42.3 Å². The summed E-state index contributed by atoms with van der Waals surface area (Å²) in [6.07, 6.45) is 5.46. The lowest BCUT2D eigenvalue weighted by Gasteiger charge is -2.04. The molecule has 0 unspecified atom stereocenters. The molecule has 0 saturated heterocycles. The van der Waals surface area contributed by atoms with Crippen LogP contribution in [0.5, 0.6) is 0 Å². The Morgan fingerprint density at radius 1 is 1.03 bits per heavy atom. The second-order valence-corrected chi connectivity index (χ2v) is 9.05. The van der Waals surface area contributed by atoms with Crippen LogP contribution >= 0.6 is 11.3 Å². The number of thiophene rings is 1. The van der Waals surface area contributed by atoms with Crippen molar-refractivity contribution in [2.45, 2.75) is 13.8 Å². The van der Waals surface area contributed by atoms with Crippen LogP contribution in [0.15, 0.2) is 48.9 Å². The molecule has 0 aliphatic heterocycles. The zero-order chi connectivity index (χ0) is 22.7. The van der Waals surface area contributed by atoms with Crippen LogP contribution in [0.2, 0.25) is 0 Å². The van der Waals surface area contributed by atoms with Crippen LogP contribution < -0.4 is 0 Å². The maximum Gasteiger partial charge on any atom is 0.169 e. The molecule has 2 N–H and O–H groups in total. The van der Waals surface area contributed by atoms with Crippen LogP contribution in [0.4, 0.5) is 0 Å². The van der Waals surface area contributed by atoms with Gasteiger partial charge >= 0.3 is 0 Å². The summed E-state index contributed by atoms with van der Waals surface area (Å²) < 4.78 is 2.04. The van der Waals surface area contributed by atoms with Crippen molar-refractivity contribution in [1.29, 1.82) is 0 Å². The van der Waals surface area contributed by atoms with E-state index in [0.717, 1.165) is 60.2 Å². The molecule has 33 heavy (non-hydrogen) atoms. The number of carbonyl (C=O) groups excluding carboxylic acids is 1. The molecule has 0 amide bonds. The van der Waals surface area contributed by atoms with Crippen LogP contribution in [0, 0.1) is 6.92 Å². The zero-order valence-corrected chi connectivity index (χ0v) is 19.0. The van der Waals surface area contributed by atoms with E-state index < -0.39 is 0 Å². The molecule has 0 spiro atoms. The topological polar surface area (TPSA) is 105 Å². The number of nitrogens with one attached hydrogen (secondary N) is 2. The van der Waals surface area contributed by atoms with Crippen LogP contribution in [-0.4, -0.2) is 40.5 Å². The molecule has 162 valence electrons. The van der Waals surface area contributed by atoms with Crippen LogP contribution in [0.25, 0.3) is 55.2 Å². The second kappa shape index (κ2) is 7.21. The number of nitrogens with zero attached hydrogens (tertiary/aromatic N) is 5. The Kier molecular flexibility index (Phi) is 4.27. The van der Waals surface area contributed by atoms with Gasteiger partial charge in [0, 0.05) is 46.2 Å². The van der Waals surface area contributed by atoms with Crippen molar-refractivity contribution >= 4 is 39.2 Å². The third-order valence-electron chi connectivity index (χ3n) is 5.94. The molecule has 0 aromatic carbocycles. The summed E-state index contributed by atoms with van der Waals surface area (Å²) in [5, 5.41) is 9.46. The highest BCUT2D eigenvalue weighted by Crippen LogP contribution is 2.36. The predicted octanol–water partition coefficient (Wildman–Crippen LogP) is 5.14. The summed E-state index contributed by atoms with van der Waals surface area (Å²) in [5.74, 6) is 1.01. The minimum Gasteiger partial charge on any atom is -0.338 e. The van der Waals surface area contributed by atoms with Gasteiger partial charge in [0.25, 0.3) is 0 Å². The van der Waals surface area contributed by atoms with Crippen molar-refractivity contribution in [3.63, 3.8) is 0 Å². The number of fused-ring (bicyclic) bond motifs is 2. The van der Waals surface area contributed by atoms with E-state index in [1.165, 1.54) is 11.3 Å². The molecule has 6 aromatic rings. The number of carbonyl (C=O) groups is 1. The second-order valence-electron chi connectivity index (χ2n) is 7.97. The maximum atomic E-state index is 11.8. The van der Waals surface area contributed by atoms with Gasteiger partial charge in [0.05, 0.1) is 22.5 Å². The van der Waals surface area contributed by atoms with E-state index in [4.69, 9.17) is 0 Å². The number of H-pyrrole nitrogens is 2. The van der Waals surface area contributed by atoms with Crippen molar-refractivity contribution in [3.8, 4) is 33.1 Å². The number of hydrogen-bond acceptors (Lipinski definition) is 6. The van der Waals surface area contributed by atoms with E-state index >= 15 is 0 Å². The first-order valence-electron chi connectivity index (χ1n) is 10.4. The Morgan fingerprint density at radius 2 is 1.91 bits per heavy atom. The van der Waals surface area contributed by atoms with Gasteiger partial charge in [-0.3, -0.25) is 9.89 Å². The molecule has 0 aliphatic rings. The molecule has 0 bridgehead atoms. The fourth-order valence-electron chi connectivity index (χ4n) is 4.06. The minimum atomic E-state index is 0.0706. The van der Waals surface area contributed by atoms with Gasteiger partial charge < -0.3 is 9.55 Å². The van der Waals surface area contributed by atoms with Crippen molar-refractivity contribution in [3.05, 3.63) is 59.6 Å². The smallest absolute Gasteiger partial charge is 0.169 e. The van der Waals surface area contributed by atoms with Crippen LogP contribution in [-0.2, 0) is 7.05 Å². The average molecular weight is 454 g/mol. The largest absolute Gasteiger partial charge is 0.338 e. The van der Waals surface area contributed by atoms with Crippen LogP contribution in [0.3, 0.4) is 0 Å². The number of ketones is 1. The molecular formula is C24H19N7OS. The average Bonchev–Trinajstić information content (AvgIpc) is 3.59. The number of aryl methyl sites for hydroxylation is 1. The molecule has 0 fully saturated rings. The summed E-state index contributed by atoms with van der Waals surface area (Å²) in [4.78, 5) is 30.4. The normalized spacial score (nSPS) is 11.6. The SMILES string of the molecule is CC(=O)c1ccc(-c2ccnc3[nH]c(-c4n[nH]c5ncc(-c6cnc(C)n6C)cc45)cc23)s1. The van der Waals surface area contributed by atoms with Gasteiger partial charge in [0.2, 0.25) is 0 Å². The predicted molar refractivity (Wildman–Crippen MR) is 129 cm³/mol. The van der Waals surface area contributed by atoms with Crippen molar-refractivity contribution < 1.29 is 4.79 Å². The third kappa shape index (κ3) is 3.08. The monoisotopic (exact) mass is 453 g/mol. The number of pyridine rings is 2. The Morgan fingerprint density at radius 3 is 2.67 bits per heavy atom. The zero-order valence-electron chi connectivity index (χ0n) is 18.2. The maximum absolute atomic E-state index is 11.8. The van der Waals surface area contributed by atoms with Gasteiger partial charge in [0.1, 0.15) is 17.2 Å².